The third-order valence-corrected chi connectivity index (χ3v) is 7.26. The van der Waals surface area contributed by atoms with Crippen LogP contribution >= 0.6 is 22.6 Å². The van der Waals surface area contributed by atoms with Crippen LogP contribution in [0.4, 0.5) is 0 Å². The first-order valence-electron chi connectivity index (χ1n) is 7.15. The van der Waals surface area contributed by atoms with E-state index in [-0.39, 0.29) is 6.04 Å². The van der Waals surface area contributed by atoms with E-state index < -0.39 is 10.0 Å². The zero-order valence-electron chi connectivity index (χ0n) is 12.7. The van der Waals surface area contributed by atoms with Crippen molar-refractivity contribution >= 4 is 32.6 Å². The quantitative estimate of drug-likeness (QED) is 0.552. The van der Waals surface area contributed by atoms with Gasteiger partial charge in [0.15, 0.2) is 0 Å². The number of ether oxygens (including phenoxy) is 1. The van der Waals surface area contributed by atoms with Gasteiger partial charge in [0, 0.05) is 17.0 Å². The van der Waals surface area contributed by atoms with E-state index in [1.165, 1.54) is 0 Å². The van der Waals surface area contributed by atoms with Crippen LogP contribution in [0.3, 0.4) is 0 Å². The molecule has 1 aromatic carbocycles. The number of benzene rings is 1. The number of hydrogen-bond donors (Lipinski definition) is 0. The van der Waals surface area contributed by atoms with Crippen molar-refractivity contribution < 1.29 is 13.2 Å². The number of piperidine rings is 1. The Morgan fingerprint density at radius 2 is 1.90 bits per heavy atom. The van der Waals surface area contributed by atoms with Gasteiger partial charge < -0.3 is 4.74 Å². The van der Waals surface area contributed by atoms with Gasteiger partial charge in [0.25, 0.3) is 0 Å². The second-order valence-corrected chi connectivity index (χ2v) is 8.22. The maximum atomic E-state index is 13.1. The van der Waals surface area contributed by atoms with Gasteiger partial charge in [0.2, 0.25) is 10.0 Å². The van der Waals surface area contributed by atoms with Crippen LogP contribution in [0.15, 0.2) is 17.0 Å². The Morgan fingerprint density at radius 3 is 2.43 bits per heavy atom. The predicted molar refractivity (Wildman–Crippen MR) is 92.9 cm³/mol. The standard InChI is InChI=1S/C15H22INO3S/c1-11-8-14(20-3)9-12(2)15(11)21(18,19)17-7-5-4-6-13(17)10-16/h8-9,13H,4-7,10H2,1-3H3. The van der Waals surface area contributed by atoms with Crippen molar-refractivity contribution in [3.63, 3.8) is 0 Å². The molecule has 2 rings (SSSR count). The van der Waals surface area contributed by atoms with Crippen LogP contribution in [0.25, 0.3) is 0 Å². The molecule has 0 radical (unpaired) electrons. The lowest BCUT2D eigenvalue weighted by Crippen LogP contribution is -2.44. The fraction of sp³-hybridized carbons (Fsp3) is 0.600. The molecule has 0 aliphatic carbocycles. The Morgan fingerprint density at radius 1 is 1.29 bits per heavy atom. The maximum Gasteiger partial charge on any atom is 0.243 e. The molecular formula is C15H22INO3S. The molecule has 1 atom stereocenters. The largest absolute Gasteiger partial charge is 0.497 e. The lowest BCUT2D eigenvalue weighted by Gasteiger charge is -2.34. The lowest BCUT2D eigenvalue weighted by atomic mass is 10.1. The van der Waals surface area contributed by atoms with Gasteiger partial charge in [-0.1, -0.05) is 29.0 Å². The van der Waals surface area contributed by atoms with Crippen LogP contribution in [0.2, 0.25) is 0 Å². The van der Waals surface area contributed by atoms with Crippen molar-refractivity contribution in [3.8, 4) is 5.75 Å². The zero-order chi connectivity index (χ0) is 15.6. The first-order chi connectivity index (χ1) is 9.91. The fourth-order valence-corrected chi connectivity index (χ4v) is 6.29. The molecule has 1 aromatic rings. The molecule has 1 aliphatic rings. The first-order valence-corrected chi connectivity index (χ1v) is 10.1. The van der Waals surface area contributed by atoms with Crippen molar-refractivity contribution in [2.24, 2.45) is 0 Å². The molecule has 0 spiro atoms. The average molecular weight is 423 g/mol. The molecule has 4 nitrogen and oxygen atoms in total. The van der Waals surface area contributed by atoms with Gasteiger partial charge in [-0.3, -0.25) is 0 Å². The first kappa shape index (κ1) is 17.0. The molecule has 0 N–H and O–H groups in total. The van der Waals surface area contributed by atoms with E-state index in [2.05, 4.69) is 22.6 Å². The number of rotatable bonds is 4. The van der Waals surface area contributed by atoms with Crippen LogP contribution in [0.1, 0.15) is 30.4 Å². The minimum Gasteiger partial charge on any atom is -0.497 e. The van der Waals surface area contributed by atoms with Crippen molar-refractivity contribution in [1.82, 2.24) is 4.31 Å². The molecule has 1 fully saturated rings. The van der Waals surface area contributed by atoms with Crippen LogP contribution < -0.4 is 4.74 Å². The average Bonchev–Trinajstić information content (AvgIpc) is 2.46. The predicted octanol–water partition coefficient (Wildman–Crippen LogP) is 3.29. The van der Waals surface area contributed by atoms with Crippen LogP contribution in [0.5, 0.6) is 5.75 Å². The molecule has 0 aromatic heterocycles. The molecule has 1 saturated heterocycles. The van der Waals surface area contributed by atoms with Crippen LogP contribution in [0, 0.1) is 13.8 Å². The van der Waals surface area contributed by atoms with Crippen molar-refractivity contribution in [2.45, 2.75) is 44.0 Å². The molecule has 0 saturated carbocycles. The number of halogens is 1. The summed E-state index contributed by atoms with van der Waals surface area (Å²) in [5.41, 5.74) is 1.51. The van der Waals surface area contributed by atoms with E-state index in [0.29, 0.717) is 17.2 Å². The number of alkyl halides is 1. The molecular weight excluding hydrogens is 401 g/mol. The zero-order valence-corrected chi connectivity index (χ0v) is 15.7. The molecule has 6 heteroatoms. The summed E-state index contributed by atoms with van der Waals surface area (Å²) in [6.07, 6.45) is 3.01. The second kappa shape index (κ2) is 6.83. The number of sulfonamides is 1. The SMILES string of the molecule is COc1cc(C)c(S(=O)(=O)N2CCCCC2CI)c(C)c1. The summed E-state index contributed by atoms with van der Waals surface area (Å²) < 4.78 is 33.9. The summed E-state index contributed by atoms with van der Waals surface area (Å²) in [7, 11) is -1.84. The third kappa shape index (κ3) is 3.37. The van der Waals surface area contributed by atoms with Gasteiger partial charge in [-0.2, -0.15) is 4.31 Å². The Bertz CT molecular complexity index is 592. The number of methoxy groups -OCH3 is 1. The molecule has 0 bridgehead atoms. The van der Waals surface area contributed by atoms with E-state index in [0.717, 1.165) is 34.8 Å². The van der Waals surface area contributed by atoms with Gasteiger partial charge in [-0.15, -0.1) is 0 Å². The van der Waals surface area contributed by atoms with Crippen molar-refractivity contribution in [1.29, 1.82) is 0 Å². The maximum absolute atomic E-state index is 13.1. The molecule has 0 amide bonds. The third-order valence-electron chi connectivity index (χ3n) is 3.99. The van der Waals surface area contributed by atoms with Crippen LogP contribution in [-0.4, -0.2) is 36.8 Å². The second-order valence-electron chi connectivity index (χ2n) is 5.51. The molecule has 118 valence electrons. The van der Waals surface area contributed by atoms with Gasteiger partial charge in [-0.05, 0) is 49.9 Å². The van der Waals surface area contributed by atoms with Crippen LogP contribution in [-0.2, 0) is 10.0 Å². The molecule has 1 unspecified atom stereocenters. The summed E-state index contributed by atoms with van der Waals surface area (Å²) >= 11 is 2.28. The number of hydrogen-bond acceptors (Lipinski definition) is 3. The van der Waals surface area contributed by atoms with Gasteiger partial charge in [-0.25, -0.2) is 8.42 Å². The fourth-order valence-electron chi connectivity index (χ4n) is 3.00. The highest BCUT2D eigenvalue weighted by Gasteiger charge is 2.34. The highest BCUT2D eigenvalue weighted by atomic mass is 127. The normalized spacial score (nSPS) is 20.5. The summed E-state index contributed by atoms with van der Waals surface area (Å²) in [5, 5.41) is 0. The number of nitrogens with zero attached hydrogens (tertiary/aromatic N) is 1. The Labute approximate surface area is 141 Å². The van der Waals surface area contributed by atoms with Gasteiger partial charge in [0.05, 0.1) is 12.0 Å². The monoisotopic (exact) mass is 423 g/mol. The Hall–Kier alpha value is -0.340. The van der Waals surface area contributed by atoms with Crippen molar-refractivity contribution in [2.75, 3.05) is 18.1 Å². The lowest BCUT2D eigenvalue weighted by molar-refractivity contribution is 0.275. The van der Waals surface area contributed by atoms with E-state index in [1.54, 1.807) is 23.5 Å². The van der Waals surface area contributed by atoms with E-state index in [1.807, 2.05) is 13.8 Å². The summed E-state index contributed by atoms with van der Waals surface area (Å²) in [6, 6.07) is 3.71. The van der Waals surface area contributed by atoms with E-state index in [9.17, 15) is 8.42 Å². The Kier molecular flexibility index (Phi) is 5.54. The summed E-state index contributed by atoms with van der Waals surface area (Å²) in [6.45, 7) is 4.30. The van der Waals surface area contributed by atoms with Crippen molar-refractivity contribution in [3.05, 3.63) is 23.3 Å². The smallest absolute Gasteiger partial charge is 0.243 e. The molecule has 1 aliphatic heterocycles. The molecule has 1 heterocycles. The highest BCUT2D eigenvalue weighted by Crippen LogP contribution is 2.32. The topological polar surface area (TPSA) is 46.6 Å². The Balaban J connectivity index is 2.48. The van der Waals surface area contributed by atoms with Gasteiger partial charge in [0.1, 0.15) is 5.75 Å². The van der Waals surface area contributed by atoms with E-state index >= 15 is 0 Å². The minimum absolute atomic E-state index is 0.116. The summed E-state index contributed by atoms with van der Waals surface area (Å²) in [5.74, 6) is 0.702. The van der Waals surface area contributed by atoms with Gasteiger partial charge >= 0.3 is 0 Å². The number of aryl methyl sites for hydroxylation is 2. The minimum atomic E-state index is -3.44. The summed E-state index contributed by atoms with van der Waals surface area (Å²) in [4.78, 5) is 0.444. The highest BCUT2D eigenvalue weighted by molar-refractivity contribution is 14.1. The molecule has 21 heavy (non-hydrogen) atoms. The van der Waals surface area contributed by atoms with E-state index in [4.69, 9.17) is 4.74 Å².